The topological polar surface area (TPSA) is 74.1 Å². The van der Waals surface area contributed by atoms with Crippen LogP contribution in [0, 0.1) is 5.82 Å². The van der Waals surface area contributed by atoms with Crippen molar-refractivity contribution in [1.29, 1.82) is 0 Å². The molecule has 0 saturated carbocycles. The molecule has 1 N–H and O–H groups in total. The summed E-state index contributed by atoms with van der Waals surface area (Å²) in [6.07, 6.45) is 1.52. The van der Waals surface area contributed by atoms with Gasteiger partial charge in [0.25, 0.3) is 5.91 Å². The first-order valence-electron chi connectivity index (χ1n) is 10.3. The van der Waals surface area contributed by atoms with Crippen molar-refractivity contribution in [3.05, 3.63) is 65.5 Å². The molecule has 2 aliphatic heterocycles. The van der Waals surface area contributed by atoms with Crippen LogP contribution in [-0.2, 0) is 16.1 Å². The molecule has 0 aromatic heterocycles. The Labute approximate surface area is 184 Å². The Morgan fingerprint density at radius 1 is 1.23 bits per heavy atom. The van der Waals surface area contributed by atoms with Crippen molar-refractivity contribution >= 4 is 40.3 Å². The highest BCUT2D eigenvalue weighted by Gasteiger charge is 2.41. The molecule has 0 aliphatic carbocycles. The summed E-state index contributed by atoms with van der Waals surface area (Å²) < 4.78 is 13.0. The van der Waals surface area contributed by atoms with E-state index >= 15 is 0 Å². The Morgan fingerprint density at radius 3 is 2.71 bits per heavy atom. The number of fused-ring (bicyclic) bond motifs is 3. The molecule has 6 nitrogen and oxygen atoms in total. The molecular formula is C23H23FN4O2S. The summed E-state index contributed by atoms with van der Waals surface area (Å²) in [6, 6.07) is 13.2. The highest BCUT2D eigenvalue weighted by molar-refractivity contribution is 8.15. The number of thioether (sulfide) groups is 1. The number of nitrogens with one attached hydrogen (secondary N) is 1. The number of halogens is 1. The molecule has 2 aromatic carbocycles. The van der Waals surface area contributed by atoms with E-state index in [4.69, 9.17) is 0 Å². The SMILES string of the molecule is CCC[C@H]1N=C2c3ccccc3N=C(S[C@H](C)C(=O)NCc3ccc(F)cc3)N2C1=O. The lowest BCUT2D eigenvalue weighted by Gasteiger charge is -2.26. The Kier molecular flexibility index (Phi) is 6.18. The van der Waals surface area contributed by atoms with Crippen molar-refractivity contribution in [2.45, 2.75) is 44.5 Å². The third-order valence-electron chi connectivity index (χ3n) is 5.14. The maximum absolute atomic E-state index is 13.0. The molecule has 0 bridgehead atoms. The van der Waals surface area contributed by atoms with Crippen molar-refractivity contribution < 1.29 is 14.0 Å². The first-order valence-corrected chi connectivity index (χ1v) is 11.1. The monoisotopic (exact) mass is 438 g/mol. The van der Waals surface area contributed by atoms with Crippen LogP contribution < -0.4 is 5.32 Å². The van der Waals surface area contributed by atoms with Crippen LogP contribution >= 0.6 is 11.8 Å². The van der Waals surface area contributed by atoms with E-state index < -0.39 is 11.3 Å². The second-order valence-corrected chi connectivity index (χ2v) is 8.75. The molecule has 31 heavy (non-hydrogen) atoms. The molecule has 2 amide bonds. The number of rotatable bonds is 6. The van der Waals surface area contributed by atoms with Crippen molar-refractivity contribution in [1.82, 2.24) is 10.2 Å². The molecule has 160 valence electrons. The normalized spacial score (nSPS) is 18.1. The Morgan fingerprint density at radius 2 is 1.97 bits per heavy atom. The zero-order valence-corrected chi connectivity index (χ0v) is 18.2. The Balaban J connectivity index is 1.51. The van der Waals surface area contributed by atoms with Gasteiger partial charge in [-0.15, -0.1) is 0 Å². The van der Waals surface area contributed by atoms with Gasteiger partial charge in [0.15, 0.2) is 5.17 Å². The van der Waals surface area contributed by atoms with E-state index in [1.165, 1.54) is 23.9 Å². The van der Waals surface area contributed by atoms with Gasteiger partial charge in [-0.1, -0.05) is 49.4 Å². The number of nitrogens with zero attached hydrogens (tertiary/aromatic N) is 3. The minimum Gasteiger partial charge on any atom is -0.351 e. The number of carbonyl (C=O) groups is 2. The number of benzene rings is 2. The summed E-state index contributed by atoms with van der Waals surface area (Å²) in [6.45, 7) is 4.10. The summed E-state index contributed by atoms with van der Waals surface area (Å²) in [5.41, 5.74) is 2.37. The molecule has 0 spiro atoms. The first kappa shape index (κ1) is 21.2. The Bertz CT molecular complexity index is 1070. The number of hydrogen-bond acceptors (Lipinski definition) is 5. The smallest absolute Gasteiger partial charge is 0.259 e. The van der Waals surface area contributed by atoms with Gasteiger partial charge < -0.3 is 5.32 Å². The zero-order valence-electron chi connectivity index (χ0n) is 17.3. The van der Waals surface area contributed by atoms with Crippen LogP contribution in [0.4, 0.5) is 10.1 Å². The van der Waals surface area contributed by atoms with Gasteiger partial charge in [0.1, 0.15) is 17.7 Å². The van der Waals surface area contributed by atoms with Crippen LogP contribution in [0.1, 0.15) is 37.8 Å². The van der Waals surface area contributed by atoms with E-state index in [-0.39, 0.29) is 17.6 Å². The fourth-order valence-electron chi connectivity index (χ4n) is 3.49. The molecule has 8 heteroatoms. The molecule has 0 saturated heterocycles. The van der Waals surface area contributed by atoms with E-state index in [0.717, 1.165) is 23.2 Å². The molecule has 0 unspecified atom stereocenters. The number of carbonyl (C=O) groups excluding carboxylic acids is 2. The number of amides is 2. The van der Waals surface area contributed by atoms with Crippen LogP contribution in [0.3, 0.4) is 0 Å². The average Bonchev–Trinajstić information content (AvgIpc) is 3.10. The van der Waals surface area contributed by atoms with Gasteiger partial charge in [-0.3, -0.25) is 14.6 Å². The molecule has 2 aliphatic rings. The highest BCUT2D eigenvalue weighted by atomic mass is 32.2. The Hall–Kier alpha value is -3.00. The molecule has 2 heterocycles. The average molecular weight is 439 g/mol. The number of para-hydroxylation sites is 1. The number of amidine groups is 2. The highest BCUT2D eigenvalue weighted by Crippen LogP contribution is 2.35. The predicted octanol–water partition coefficient (Wildman–Crippen LogP) is 4.02. The summed E-state index contributed by atoms with van der Waals surface area (Å²) in [7, 11) is 0. The fourth-order valence-corrected chi connectivity index (χ4v) is 4.43. The molecule has 2 atom stereocenters. The first-order chi connectivity index (χ1) is 15.0. The van der Waals surface area contributed by atoms with Gasteiger partial charge in [0.2, 0.25) is 5.91 Å². The van der Waals surface area contributed by atoms with Crippen molar-refractivity contribution in [2.75, 3.05) is 0 Å². The van der Waals surface area contributed by atoms with Crippen LogP contribution in [0.15, 0.2) is 58.5 Å². The summed E-state index contributed by atoms with van der Waals surface area (Å²) in [5.74, 6) is 0.00170. The quantitative estimate of drug-likeness (QED) is 0.740. The number of aliphatic imine (C=N–C) groups is 2. The molecule has 0 fully saturated rings. The van der Waals surface area contributed by atoms with Gasteiger partial charge in [-0.2, -0.15) is 0 Å². The molecule has 2 aromatic rings. The largest absolute Gasteiger partial charge is 0.351 e. The van der Waals surface area contributed by atoms with E-state index in [9.17, 15) is 14.0 Å². The summed E-state index contributed by atoms with van der Waals surface area (Å²) in [5, 5.41) is 2.84. The van der Waals surface area contributed by atoms with Gasteiger partial charge in [0.05, 0.1) is 10.9 Å². The van der Waals surface area contributed by atoms with Gasteiger partial charge in [-0.05, 0) is 43.2 Å². The molecule has 0 radical (unpaired) electrons. The molecule has 4 rings (SSSR count). The lowest BCUT2D eigenvalue weighted by Crippen LogP contribution is -2.42. The van der Waals surface area contributed by atoms with E-state index in [1.807, 2.05) is 31.2 Å². The second-order valence-electron chi connectivity index (χ2n) is 7.45. The van der Waals surface area contributed by atoms with Gasteiger partial charge >= 0.3 is 0 Å². The maximum Gasteiger partial charge on any atom is 0.259 e. The lowest BCUT2D eigenvalue weighted by atomic mass is 10.1. The summed E-state index contributed by atoms with van der Waals surface area (Å²) >= 11 is 1.23. The van der Waals surface area contributed by atoms with Crippen molar-refractivity contribution in [3.8, 4) is 0 Å². The van der Waals surface area contributed by atoms with E-state index in [1.54, 1.807) is 24.0 Å². The maximum atomic E-state index is 13.0. The second kappa shape index (κ2) is 9.01. The van der Waals surface area contributed by atoms with Crippen LogP contribution in [-0.4, -0.2) is 39.0 Å². The zero-order chi connectivity index (χ0) is 22.0. The van der Waals surface area contributed by atoms with Gasteiger partial charge in [-0.25, -0.2) is 14.3 Å². The summed E-state index contributed by atoms with van der Waals surface area (Å²) in [4.78, 5) is 36.6. The number of hydrogen-bond donors (Lipinski definition) is 1. The van der Waals surface area contributed by atoms with Gasteiger partial charge in [0, 0.05) is 12.1 Å². The van der Waals surface area contributed by atoms with Crippen LogP contribution in [0.2, 0.25) is 0 Å². The fraction of sp³-hybridized carbons (Fsp3) is 0.304. The van der Waals surface area contributed by atoms with E-state index in [0.29, 0.717) is 24.0 Å². The standard InChI is InChI=1S/C23H23FN4O2S/c1-3-6-19-22(30)28-20(26-19)17-7-4-5-8-18(17)27-23(28)31-14(2)21(29)25-13-15-9-11-16(24)12-10-15/h4-5,7-12,14,19H,3,6,13H2,1-2H3,(H,25,29)/t14-,19-/m1/s1. The predicted molar refractivity (Wildman–Crippen MR) is 121 cm³/mol. The third kappa shape index (κ3) is 4.39. The third-order valence-corrected chi connectivity index (χ3v) is 6.19. The lowest BCUT2D eigenvalue weighted by molar-refractivity contribution is -0.124. The molecular weight excluding hydrogens is 415 g/mol. The van der Waals surface area contributed by atoms with E-state index in [2.05, 4.69) is 15.3 Å². The minimum atomic E-state index is -0.483. The van der Waals surface area contributed by atoms with Crippen LogP contribution in [0.5, 0.6) is 0 Å². The minimum absolute atomic E-state index is 0.100. The van der Waals surface area contributed by atoms with Crippen molar-refractivity contribution in [2.24, 2.45) is 9.98 Å². The van der Waals surface area contributed by atoms with Crippen LogP contribution in [0.25, 0.3) is 0 Å². The van der Waals surface area contributed by atoms with Crippen molar-refractivity contribution in [3.63, 3.8) is 0 Å².